The molecule has 0 aliphatic heterocycles. The molecule has 0 amide bonds. The maximum atomic E-state index is 5.66. The highest BCUT2D eigenvalue weighted by atomic mass is 79.9. The zero-order chi connectivity index (χ0) is 7.72. The highest BCUT2D eigenvalue weighted by Gasteiger charge is 2.01. The summed E-state index contributed by atoms with van der Waals surface area (Å²) in [5, 5.41) is 0.821. The highest BCUT2D eigenvalue weighted by molar-refractivity contribution is 9.10. The molecule has 1 rings (SSSR count). The van der Waals surface area contributed by atoms with Crippen molar-refractivity contribution in [3.63, 3.8) is 0 Å². The van der Waals surface area contributed by atoms with Crippen LogP contribution in [0.25, 0.3) is 0 Å². The Bertz CT molecular complexity index is 212. The number of hydrogen-bond acceptors (Lipinski definition) is 1. The van der Waals surface area contributed by atoms with E-state index >= 15 is 0 Å². The fourth-order valence-electron chi connectivity index (χ4n) is 0.529. The number of hydrogen-bond donors (Lipinski definition) is 0. The number of nitrogens with zero attached hydrogens (tertiary/aromatic N) is 1. The molecule has 1 aromatic heterocycles. The van der Waals surface area contributed by atoms with E-state index in [2.05, 4.69) is 20.9 Å². The first-order chi connectivity index (χ1) is 4.61. The fraction of sp³-hybridized carbons (Fsp3) is 0.167. The summed E-state index contributed by atoms with van der Waals surface area (Å²) in [6, 6.07) is 1.73. The van der Waals surface area contributed by atoms with Crippen LogP contribution in [0.4, 0.5) is 0 Å². The van der Waals surface area contributed by atoms with Crippen LogP contribution in [-0.2, 0) is 0 Å². The Morgan fingerprint density at radius 2 is 2.10 bits per heavy atom. The van der Waals surface area contributed by atoms with E-state index in [1.54, 1.807) is 6.07 Å². The predicted molar refractivity (Wildman–Crippen MR) is 46.7 cm³/mol. The minimum atomic E-state index is 0.349. The van der Waals surface area contributed by atoms with Crippen molar-refractivity contribution in [3.05, 3.63) is 26.4 Å². The van der Waals surface area contributed by atoms with Crippen LogP contribution in [-0.4, -0.2) is 4.98 Å². The summed E-state index contributed by atoms with van der Waals surface area (Å²) in [6.45, 7) is 1.85. The van der Waals surface area contributed by atoms with Gasteiger partial charge in [-0.25, -0.2) is 4.98 Å². The van der Waals surface area contributed by atoms with Gasteiger partial charge in [-0.2, -0.15) is 0 Å². The lowest BCUT2D eigenvalue weighted by Crippen LogP contribution is -1.83. The third kappa shape index (κ3) is 1.62. The van der Waals surface area contributed by atoms with E-state index in [9.17, 15) is 0 Å². The second-order valence-electron chi connectivity index (χ2n) is 1.83. The molecule has 0 aliphatic carbocycles. The predicted octanol–water partition coefficient (Wildman–Crippen LogP) is 3.46. The van der Waals surface area contributed by atoms with E-state index in [1.807, 2.05) is 6.92 Å². The van der Waals surface area contributed by atoms with Gasteiger partial charge in [0.2, 0.25) is 0 Å². The maximum Gasteiger partial charge on any atom is 0.147 e. The quantitative estimate of drug-likeness (QED) is 0.633. The van der Waals surface area contributed by atoms with Crippen molar-refractivity contribution in [2.24, 2.45) is 0 Å². The molecule has 4 heteroatoms. The third-order valence-corrected chi connectivity index (χ3v) is 2.54. The van der Waals surface area contributed by atoms with Gasteiger partial charge in [-0.3, -0.25) is 0 Å². The Balaban J connectivity index is 3.28. The van der Waals surface area contributed by atoms with Crippen LogP contribution < -0.4 is 0 Å². The number of halogens is 3. The number of aryl methyl sites for hydroxylation is 1. The molecule has 0 bridgehead atoms. The monoisotopic (exact) mass is 239 g/mol. The number of pyridine rings is 1. The minimum Gasteiger partial charge on any atom is -0.239 e. The Kier molecular flexibility index (Phi) is 2.55. The molecule has 0 fully saturated rings. The van der Waals surface area contributed by atoms with Gasteiger partial charge in [-0.1, -0.05) is 23.2 Å². The summed E-state index contributed by atoms with van der Waals surface area (Å²) in [5.74, 6) is 0. The van der Waals surface area contributed by atoms with Gasteiger partial charge in [0, 0.05) is 4.47 Å². The lowest BCUT2D eigenvalue weighted by molar-refractivity contribution is 1.18. The highest BCUT2D eigenvalue weighted by Crippen LogP contribution is 2.25. The molecule has 0 spiro atoms. The molecular formula is C6H4BrCl2N. The Morgan fingerprint density at radius 1 is 1.50 bits per heavy atom. The maximum absolute atomic E-state index is 5.66. The van der Waals surface area contributed by atoms with Crippen molar-refractivity contribution in [1.82, 2.24) is 4.98 Å². The molecule has 0 aliphatic rings. The summed E-state index contributed by atoms with van der Waals surface area (Å²) < 4.78 is 0.877. The molecule has 1 heterocycles. The Morgan fingerprint density at radius 3 is 2.60 bits per heavy atom. The van der Waals surface area contributed by atoms with Gasteiger partial charge in [0.05, 0.1) is 10.7 Å². The van der Waals surface area contributed by atoms with E-state index < -0.39 is 0 Å². The molecule has 0 saturated heterocycles. The van der Waals surface area contributed by atoms with Crippen LogP contribution in [0, 0.1) is 6.92 Å². The van der Waals surface area contributed by atoms with E-state index in [-0.39, 0.29) is 0 Å². The lowest BCUT2D eigenvalue weighted by atomic mass is 10.4. The summed E-state index contributed by atoms with van der Waals surface area (Å²) in [5.41, 5.74) is 0.842. The topological polar surface area (TPSA) is 12.9 Å². The minimum absolute atomic E-state index is 0.349. The second-order valence-corrected chi connectivity index (χ2v) is 3.45. The summed E-state index contributed by atoms with van der Waals surface area (Å²) in [4.78, 5) is 3.96. The van der Waals surface area contributed by atoms with Crippen molar-refractivity contribution in [1.29, 1.82) is 0 Å². The molecule has 0 N–H and O–H groups in total. The van der Waals surface area contributed by atoms with E-state index in [0.29, 0.717) is 10.2 Å². The molecule has 0 radical (unpaired) electrons. The van der Waals surface area contributed by atoms with Gasteiger partial charge in [-0.05, 0) is 28.9 Å². The van der Waals surface area contributed by atoms with Crippen molar-refractivity contribution >= 4 is 39.1 Å². The second kappa shape index (κ2) is 3.07. The van der Waals surface area contributed by atoms with Crippen molar-refractivity contribution in [3.8, 4) is 0 Å². The van der Waals surface area contributed by atoms with Crippen LogP contribution >= 0.6 is 39.1 Å². The summed E-state index contributed by atoms with van der Waals surface area (Å²) in [7, 11) is 0. The van der Waals surface area contributed by atoms with E-state index in [0.717, 1.165) is 10.2 Å². The smallest absolute Gasteiger partial charge is 0.147 e. The Labute approximate surface area is 77.5 Å². The van der Waals surface area contributed by atoms with Gasteiger partial charge in [0.1, 0.15) is 5.15 Å². The van der Waals surface area contributed by atoms with Crippen LogP contribution in [0.1, 0.15) is 5.69 Å². The largest absolute Gasteiger partial charge is 0.239 e. The standard InChI is InChI=1S/C6H4BrCl2N/c1-3-4(7)2-5(8)6(9)10-3/h2H,1H3. The van der Waals surface area contributed by atoms with Crippen molar-refractivity contribution in [2.75, 3.05) is 0 Å². The average molecular weight is 241 g/mol. The first-order valence-corrected chi connectivity index (χ1v) is 4.14. The van der Waals surface area contributed by atoms with Crippen LogP contribution in [0.5, 0.6) is 0 Å². The first kappa shape index (κ1) is 8.31. The lowest BCUT2D eigenvalue weighted by Gasteiger charge is -1.98. The van der Waals surface area contributed by atoms with Crippen LogP contribution in [0.15, 0.2) is 10.5 Å². The average Bonchev–Trinajstić information content (AvgIpc) is 1.84. The van der Waals surface area contributed by atoms with Gasteiger partial charge >= 0.3 is 0 Å². The SMILES string of the molecule is Cc1nc(Cl)c(Cl)cc1Br. The molecule has 0 atom stereocenters. The van der Waals surface area contributed by atoms with Crippen molar-refractivity contribution in [2.45, 2.75) is 6.92 Å². The number of aromatic nitrogens is 1. The van der Waals surface area contributed by atoms with Gasteiger partial charge in [0.25, 0.3) is 0 Å². The van der Waals surface area contributed by atoms with Crippen LogP contribution in [0.2, 0.25) is 10.2 Å². The third-order valence-electron chi connectivity index (χ3n) is 1.06. The Hall–Kier alpha value is 0.210. The molecule has 1 nitrogen and oxygen atoms in total. The summed E-state index contributed by atoms with van der Waals surface area (Å²) in [6.07, 6.45) is 0. The molecule has 1 aromatic rings. The first-order valence-electron chi connectivity index (χ1n) is 2.59. The molecular weight excluding hydrogens is 237 g/mol. The normalized spacial score (nSPS) is 10.0. The van der Waals surface area contributed by atoms with Crippen molar-refractivity contribution < 1.29 is 0 Å². The number of rotatable bonds is 0. The molecule has 0 aromatic carbocycles. The fourth-order valence-corrected chi connectivity index (χ4v) is 1.31. The van der Waals surface area contributed by atoms with Crippen LogP contribution in [0.3, 0.4) is 0 Å². The molecule has 0 saturated carbocycles. The summed E-state index contributed by atoms with van der Waals surface area (Å²) >= 11 is 14.6. The molecule has 54 valence electrons. The van der Waals surface area contributed by atoms with Gasteiger partial charge in [-0.15, -0.1) is 0 Å². The molecule has 10 heavy (non-hydrogen) atoms. The zero-order valence-corrected chi connectivity index (χ0v) is 8.26. The molecule has 0 unspecified atom stereocenters. The van der Waals surface area contributed by atoms with Gasteiger partial charge < -0.3 is 0 Å². The van der Waals surface area contributed by atoms with Gasteiger partial charge in [0.15, 0.2) is 0 Å². The zero-order valence-electron chi connectivity index (χ0n) is 5.16. The van der Waals surface area contributed by atoms with E-state index in [1.165, 1.54) is 0 Å². The van der Waals surface area contributed by atoms with E-state index in [4.69, 9.17) is 23.2 Å².